The lowest BCUT2D eigenvalue weighted by molar-refractivity contribution is -0.109. The van der Waals surface area contributed by atoms with E-state index in [0.29, 0.717) is 17.9 Å². The van der Waals surface area contributed by atoms with Crippen LogP contribution in [0.15, 0.2) is 47.1 Å². The Morgan fingerprint density at radius 3 is 2.62 bits per heavy atom. The summed E-state index contributed by atoms with van der Waals surface area (Å²) >= 11 is 3.37. The number of aliphatic hydroxyl groups is 1. The molecule has 0 saturated carbocycles. The van der Waals surface area contributed by atoms with E-state index in [2.05, 4.69) is 20.9 Å². The van der Waals surface area contributed by atoms with Crippen LogP contribution in [0.3, 0.4) is 0 Å². The molecule has 1 unspecified atom stereocenters. The molecule has 136 valence electrons. The van der Waals surface area contributed by atoms with Crippen LogP contribution in [-0.2, 0) is 4.79 Å². The Labute approximate surface area is 157 Å². The van der Waals surface area contributed by atoms with Crippen LogP contribution >= 0.6 is 15.9 Å². The van der Waals surface area contributed by atoms with Gasteiger partial charge in [-0.2, -0.15) is 0 Å². The number of ketones is 1. The maximum Gasteiger partial charge on any atom is 0.166 e. The van der Waals surface area contributed by atoms with Gasteiger partial charge < -0.3 is 14.9 Å². The van der Waals surface area contributed by atoms with Crippen LogP contribution in [0, 0.1) is 11.6 Å². The first kappa shape index (κ1) is 19.9. The topological polar surface area (TPSA) is 70.2 Å². The summed E-state index contributed by atoms with van der Waals surface area (Å²) in [6.45, 7) is 0. The van der Waals surface area contributed by atoms with Crippen molar-refractivity contribution in [3.05, 3.63) is 69.8 Å². The molecular weight excluding hydrogens is 408 g/mol. The normalized spacial score (nSPS) is 11.6. The van der Waals surface area contributed by atoms with Crippen molar-refractivity contribution in [1.82, 2.24) is 4.98 Å². The smallest absolute Gasteiger partial charge is 0.166 e. The fourth-order valence-electron chi connectivity index (χ4n) is 2.68. The first-order valence-corrected chi connectivity index (χ1v) is 8.43. The van der Waals surface area contributed by atoms with E-state index in [4.69, 9.17) is 5.11 Å². The van der Waals surface area contributed by atoms with E-state index in [-0.39, 0.29) is 12.0 Å². The van der Waals surface area contributed by atoms with E-state index in [9.17, 15) is 18.4 Å². The number of hydrogen-bond acceptors (Lipinski definition) is 3. The molecule has 26 heavy (non-hydrogen) atoms. The third-order valence-corrected chi connectivity index (χ3v) is 4.37. The summed E-state index contributed by atoms with van der Waals surface area (Å²) in [5.74, 6) is -2.94. The quantitative estimate of drug-likeness (QED) is 0.472. The number of H-pyrrole nitrogens is 1. The third-order valence-electron chi connectivity index (χ3n) is 3.88. The predicted octanol–water partition coefficient (Wildman–Crippen LogP) is 4.37. The summed E-state index contributed by atoms with van der Waals surface area (Å²) < 4.78 is 27.5. The zero-order valence-electron chi connectivity index (χ0n) is 13.8. The van der Waals surface area contributed by atoms with Gasteiger partial charge in [-0.1, -0.05) is 15.9 Å². The number of aromatic nitrogens is 1. The van der Waals surface area contributed by atoms with Gasteiger partial charge in [-0.25, -0.2) is 8.78 Å². The molecule has 0 spiro atoms. The fraction of sp³-hybridized carbons (Fsp3) is 0.158. The molecule has 4 nitrogen and oxygen atoms in total. The molecule has 0 saturated heterocycles. The maximum atomic E-state index is 13.7. The molecule has 0 fully saturated rings. The monoisotopic (exact) mass is 423 g/mol. The largest absolute Gasteiger partial charge is 0.400 e. The molecule has 0 radical (unpaired) electrons. The highest BCUT2D eigenvalue weighted by Gasteiger charge is 2.22. The Bertz CT molecular complexity index is 940. The van der Waals surface area contributed by atoms with Crippen molar-refractivity contribution in [1.29, 1.82) is 0 Å². The second-order valence-corrected chi connectivity index (χ2v) is 6.34. The SMILES string of the molecule is CO.O=CC(CC(=O)c1ccc(F)cc1F)c1c[nH]c2ccc(Br)cc12. The number of benzene rings is 2. The Balaban J connectivity index is 0.00000117. The number of carbonyl (C=O) groups excluding carboxylic acids is 2. The van der Waals surface area contributed by atoms with Crippen LogP contribution in [0.1, 0.15) is 28.3 Å². The van der Waals surface area contributed by atoms with E-state index in [1.807, 2.05) is 18.2 Å². The molecule has 1 aromatic heterocycles. The van der Waals surface area contributed by atoms with Gasteiger partial charge in [0, 0.05) is 47.1 Å². The summed E-state index contributed by atoms with van der Waals surface area (Å²) in [6.07, 6.45) is 2.15. The van der Waals surface area contributed by atoms with Gasteiger partial charge in [0.15, 0.2) is 5.78 Å². The van der Waals surface area contributed by atoms with Gasteiger partial charge >= 0.3 is 0 Å². The predicted molar refractivity (Wildman–Crippen MR) is 98.3 cm³/mol. The average Bonchev–Trinajstić information content (AvgIpc) is 3.04. The van der Waals surface area contributed by atoms with Crippen LogP contribution in [-0.4, -0.2) is 29.3 Å². The lowest BCUT2D eigenvalue weighted by atomic mass is 9.92. The molecule has 2 aromatic carbocycles. The minimum absolute atomic E-state index is 0.189. The van der Waals surface area contributed by atoms with Gasteiger partial charge in [0.2, 0.25) is 0 Å². The third kappa shape index (κ3) is 4.23. The first-order chi connectivity index (χ1) is 12.5. The van der Waals surface area contributed by atoms with Gasteiger partial charge in [0.25, 0.3) is 0 Å². The average molecular weight is 424 g/mol. The van der Waals surface area contributed by atoms with E-state index in [0.717, 1.165) is 34.6 Å². The molecule has 2 N–H and O–H groups in total. The molecule has 1 atom stereocenters. The van der Waals surface area contributed by atoms with Crippen LogP contribution in [0.5, 0.6) is 0 Å². The van der Waals surface area contributed by atoms with Crippen LogP contribution < -0.4 is 0 Å². The molecule has 0 bridgehead atoms. The Kier molecular flexibility index (Phi) is 6.76. The molecule has 7 heteroatoms. The number of carbonyl (C=O) groups is 2. The van der Waals surface area contributed by atoms with Crippen molar-refractivity contribution in [2.24, 2.45) is 0 Å². The summed E-state index contributed by atoms with van der Waals surface area (Å²) in [4.78, 5) is 26.9. The van der Waals surface area contributed by atoms with Gasteiger partial charge in [-0.15, -0.1) is 0 Å². The Morgan fingerprint density at radius 1 is 1.23 bits per heavy atom. The van der Waals surface area contributed by atoms with Crippen molar-refractivity contribution in [2.75, 3.05) is 7.11 Å². The molecule has 0 aliphatic carbocycles. The summed E-state index contributed by atoms with van der Waals surface area (Å²) in [5, 5.41) is 7.81. The summed E-state index contributed by atoms with van der Waals surface area (Å²) in [7, 11) is 1.00. The lowest BCUT2D eigenvalue weighted by Gasteiger charge is -2.10. The molecular formula is C19H16BrF2NO3. The van der Waals surface area contributed by atoms with Gasteiger partial charge in [-0.3, -0.25) is 4.79 Å². The number of rotatable bonds is 5. The van der Waals surface area contributed by atoms with E-state index in [1.54, 1.807) is 6.20 Å². The second-order valence-electron chi connectivity index (χ2n) is 5.43. The van der Waals surface area contributed by atoms with Gasteiger partial charge in [0.05, 0.1) is 5.56 Å². The lowest BCUT2D eigenvalue weighted by Crippen LogP contribution is -2.10. The summed E-state index contributed by atoms with van der Waals surface area (Å²) in [6, 6.07) is 8.34. The number of hydrogen-bond donors (Lipinski definition) is 2. The highest BCUT2D eigenvalue weighted by molar-refractivity contribution is 9.10. The van der Waals surface area contributed by atoms with Crippen LogP contribution in [0.25, 0.3) is 10.9 Å². The van der Waals surface area contributed by atoms with Crippen molar-refractivity contribution in [3.63, 3.8) is 0 Å². The van der Waals surface area contributed by atoms with Crippen LogP contribution in [0.2, 0.25) is 0 Å². The van der Waals surface area contributed by atoms with Crippen molar-refractivity contribution in [3.8, 4) is 0 Å². The maximum absolute atomic E-state index is 13.7. The number of halogens is 3. The zero-order valence-corrected chi connectivity index (χ0v) is 15.4. The number of aromatic amines is 1. The van der Waals surface area contributed by atoms with E-state index in [1.165, 1.54) is 0 Å². The highest BCUT2D eigenvalue weighted by Crippen LogP contribution is 2.30. The number of Topliss-reactive ketones (excluding diaryl/α,β-unsaturated/α-hetero) is 1. The molecule has 0 aliphatic heterocycles. The van der Waals surface area contributed by atoms with Crippen molar-refractivity contribution in [2.45, 2.75) is 12.3 Å². The number of nitrogens with one attached hydrogen (secondary N) is 1. The van der Waals surface area contributed by atoms with E-state index >= 15 is 0 Å². The molecule has 3 aromatic rings. The van der Waals surface area contributed by atoms with E-state index < -0.39 is 23.3 Å². The molecule has 1 heterocycles. The standard InChI is InChI=1S/C18H12BrF2NO2.CH4O/c19-11-1-4-17-14(6-11)15(8-22-17)10(9-23)5-18(24)13-3-2-12(20)7-16(13)21;1-2/h1-4,6-10,22H,5H2;2H,1H3. The molecule has 0 aliphatic rings. The minimum atomic E-state index is -0.925. The van der Waals surface area contributed by atoms with Crippen molar-refractivity contribution < 1.29 is 23.5 Å². The fourth-order valence-corrected chi connectivity index (χ4v) is 3.04. The van der Waals surface area contributed by atoms with Crippen LogP contribution in [0.4, 0.5) is 8.78 Å². The summed E-state index contributed by atoms with van der Waals surface area (Å²) in [5.41, 5.74) is 1.28. The van der Waals surface area contributed by atoms with Gasteiger partial charge in [0.1, 0.15) is 17.9 Å². The Hall–Kier alpha value is -2.38. The minimum Gasteiger partial charge on any atom is -0.400 e. The number of fused-ring (bicyclic) bond motifs is 1. The van der Waals surface area contributed by atoms with Gasteiger partial charge in [-0.05, 0) is 35.9 Å². The second kappa shape index (κ2) is 8.82. The highest BCUT2D eigenvalue weighted by atomic mass is 79.9. The number of aldehydes is 1. The molecule has 3 rings (SSSR count). The van der Waals surface area contributed by atoms with Crippen molar-refractivity contribution >= 4 is 38.9 Å². The molecule has 0 amide bonds. The first-order valence-electron chi connectivity index (χ1n) is 7.64. The number of aliphatic hydroxyl groups excluding tert-OH is 1. The Morgan fingerprint density at radius 2 is 1.96 bits per heavy atom. The zero-order chi connectivity index (χ0) is 19.3.